The second-order valence-electron chi connectivity index (χ2n) is 6.31. The molecule has 0 radical (unpaired) electrons. The summed E-state index contributed by atoms with van der Waals surface area (Å²) < 4.78 is 5.26. The molecule has 0 aliphatic heterocycles. The lowest BCUT2D eigenvalue weighted by atomic mass is 10.1. The van der Waals surface area contributed by atoms with E-state index in [4.69, 9.17) is 4.52 Å². The summed E-state index contributed by atoms with van der Waals surface area (Å²) >= 11 is 1.57. The average Bonchev–Trinajstić information content (AvgIpc) is 3.35. The van der Waals surface area contributed by atoms with Gasteiger partial charge < -0.3 is 9.84 Å². The lowest BCUT2D eigenvalue weighted by Crippen LogP contribution is -2.24. The fourth-order valence-electron chi connectivity index (χ4n) is 2.75. The minimum atomic E-state index is -0.455. The van der Waals surface area contributed by atoms with Crippen LogP contribution >= 0.6 is 11.3 Å². The van der Waals surface area contributed by atoms with Crippen molar-refractivity contribution in [1.29, 1.82) is 0 Å². The van der Waals surface area contributed by atoms with Gasteiger partial charge in [0.25, 0.3) is 11.6 Å². The Hall–Kier alpha value is -3.07. The van der Waals surface area contributed by atoms with Gasteiger partial charge >= 0.3 is 0 Å². The first-order chi connectivity index (χ1) is 13.5. The summed E-state index contributed by atoms with van der Waals surface area (Å²) in [6, 6.07) is 8.27. The van der Waals surface area contributed by atoms with E-state index in [0.717, 1.165) is 24.1 Å². The first-order valence-electron chi connectivity index (χ1n) is 8.94. The maximum atomic E-state index is 12.1. The van der Waals surface area contributed by atoms with Crippen molar-refractivity contribution in [3.05, 3.63) is 62.8 Å². The second kappa shape index (κ2) is 9.23. The molecule has 3 aromatic rings. The second-order valence-corrected chi connectivity index (χ2v) is 7.26. The van der Waals surface area contributed by atoms with Crippen LogP contribution in [-0.2, 0) is 6.42 Å². The molecule has 0 spiro atoms. The molecule has 1 aromatic carbocycles. The molecule has 0 bridgehead atoms. The Kier molecular flexibility index (Phi) is 6.49. The number of rotatable bonds is 9. The van der Waals surface area contributed by atoms with Crippen molar-refractivity contribution in [1.82, 2.24) is 15.5 Å². The number of nitrogens with one attached hydrogen (secondary N) is 1. The van der Waals surface area contributed by atoms with Crippen LogP contribution in [0, 0.1) is 17.0 Å². The molecule has 146 valence electrons. The Morgan fingerprint density at radius 3 is 2.86 bits per heavy atom. The number of nitro groups is 1. The smallest absolute Gasteiger partial charge is 0.272 e. The molecule has 0 aliphatic carbocycles. The van der Waals surface area contributed by atoms with E-state index in [0.29, 0.717) is 35.8 Å². The van der Waals surface area contributed by atoms with Crippen molar-refractivity contribution in [2.24, 2.45) is 0 Å². The van der Waals surface area contributed by atoms with Crippen LogP contribution in [0.5, 0.6) is 0 Å². The van der Waals surface area contributed by atoms with Crippen LogP contribution in [0.25, 0.3) is 10.7 Å². The van der Waals surface area contributed by atoms with E-state index in [2.05, 4.69) is 15.5 Å². The van der Waals surface area contributed by atoms with E-state index < -0.39 is 4.92 Å². The van der Waals surface area contributed by atoms with Gasteiger partial charge in [-0.2, -0.15) is 4.98 Å². The molecule has 1 amide bonds. The quantitative estimate of drug-likeness (QED) is 0.328. The third-order valence-corrected chi connectivity index (χ3v) is 5.08. The predicted octanol–water partition coefficient (Wildman–Crippen LogP) is 4.16. The highest BCUT2D eigenvalue weighted by Gasteiger charge is 2.13. The fraction of sp³-hybridized carbons (Fsp3) is 0.316. The van der Waals surface area contributed by atoms with Crippen LogP contribution in [0.15, 0.2) is 40.2 Å². The number of nitrogens with zero attached hydrogens (tertiary/aromatic N) is 3. The van der Waals surface area contributed by atoms with Gasteiger partial charge in [-0.1, -0.05) is 17.6 Å². The minimum Gasteiger partial charge on any atom is -0.352 e. The van der Waals surface area contributed by atoms with Gasteiger partial charge in [0, 0.05) is 30.2 Å². The summed E-state index contributed by atoms with van der Waals surface area (Å²) in [5, 5.41) is 19.6. The van der Waals surface area contributed by atoms with Crippen molar-refractivity contribution in [2.75, 3.05) is 6.54 Å². The fourth-order valence-corrected chi connectivity index (χ4v) is 3.40. The van der Waals surface area contributed by atoms with Crippen LogP contribution in [0.4, 0.5) is 5.69 Å². The van der Waals surface area contributed by atoms with E-state index in [9.17, 15) is 14.9 Å². The van der Waals surface area contributed by atoms with Crippen molar-refractivity contribution in [3.8, 4) is 10.7 Å². The number of aryl methyl sites for hydroxylation is 2. The third kappa shape index (κ3) is 5.01. The van der Waals surface area contributed by atoms with Crippen LogP contribution < -0.4 is 5.32 Å². The maximum Gasteiger partial charge on any atom is 0.272 e. The van der Waals surface area contributed by atoms with E-state index in [-0.39, 0.29) is 11.6 Å². The zero-order chi connectivity index (χ0) is 19.9. The average molecular weight is 400 g/mol. The van der Waals surface area contributed by atoms with Crippen LogP contribution in [0.2, 0.25) is 0 Å². The van der Waals surface area contributed by atoms with Gasteiger partial charge in [0.2, 0.25) is 11.7 Å². The molecule has 0 aliphatic rings. The standard InChI is InChI=1S/C19H20N4O4S/c1-13-12-14(8-9-15(13)23(25)26)19(24)20-10-4-2-3-7-17-21-18(22-27-17)16-6-5-11-28-16/h5-6,8-9,11-12H,2-4,7,10H2,1H3,(H,20,24). The van der Waals surface area contributed by atoms with Crippen molar-refractivity contribution >= 4 is 22.9 Å². The number of thiophene rings is 1. The molecular formula is C19H20N4O4S. The number of unbranched alkanes of at least 4 members (excludes halogenated alkanes) is 2. The van der Waals surface area contributed by atoms with Crippen molar-refractivity contribution in [2.45, 2.75) is 32.6 Å². The van der Waals surface area contributed by atoms with Gasteiger partial charge in [-0.15, -0.1) is 11.3 Å². The molecule has 0 saturated heterocycles. The first-order valence-corrected chi connectivity index (χ1v) is 9.82. The molecule has 8 nitrogen and oxygen atoms in total. The Labute approximate surface area is 165 Å². The highest BCUT2D eigenvalue weighted by molar-refractivity contribution is 7.13. The number of carbonyl (C=O) groups is 1. The molecule has 0 atom stereocenters. The lowest BCUT2D eigenvalue weighted by Gasteiger charge is -2.06. The molecule has 3 rings (SSSR count). The summed E-state index contributed by atoms with van der Waals surface area (Å²) in [6.07, 6.45) is 3.33. The number of aromatic nitrogens is 2. The Bertz CT molecular complexity index is 953. The predicted molar refractivity (Wildman–Crippen MR) is 105 cm³/mol. The highest BCUT2D eigenvalue weighted by Crippen LogP contribution is 2.22. The molecule has 2 heterocycles. The number of nitro benzene ring substituents is 1. The zero-order valence-electron chi connectivity index (χ0n) is 15.4. The summed E-state index contributed by atoms with van der Waals surface area (Å²) in [5.74, 6) is 1.01. The first kappa shape index (κ1) is 19.7. The van der Waals surface area contributed by atoms with E-state index in [1.165, 1.54) is 18.2 Å². The topological polar surface area (TPSA) is 111 Å². The molecule has 9 heteroatoms. The van der Waals surface area contributed by atoms with Gasteiger partial charge in [0.1, 0.15) is 0 Å². The third-order valence-electron chi connectivity index (χ3n) is 4.22. The Balaban J connectivity index is 1.36. The molecule has 0 unspecified atom stereocenters. The van der Waals surface area contributed by atoms with Gasteiger partial charge in [-0.25, -0.2) is 0 Å². The summed E-state index contributed by atoms with van der Waals surface area (Å²) in [5.41, 5.74) is 0.911. The van der Waals surface area contributed by atoms with Crippen LogP contribution in [-0.4, -0.2) is 27.5 Å². The summed E-state index contributed by atoms with van der Waals surface area (Å²) in [4.78, 5) is 27.9. The number of benzene rings is 1. The summed E-state index contributed by atoms with van der Waals surface area (Å²) in [6.45, 7) is 2.16. The lowest BCUT2D eigenvalue weighted by molar-refractivity contribution is -0.385. The van der Waals surface area contributed by atoms with Gasteiger partial charge in [-0.3, -0.25) is 14.9 Å². The summed E-state index contributed by atoms with van der Waals surface area (Å²) in [7, 11) is 0. The van der Waals surface area contributed by atoms with E-state index >= 15 is 0 Å². The van der Waals surface area contributed by atoms with E-state index in [1.807, 2.05) is 17.5 Å². The highest BCUT2D eigenvalue weighted by atomic mass is 32.1. The molecule has 0 saturated carbocycles. The normalized spacial score (nSPS) is 10.8. The monoisotopic (exact) mass is 400 g/mol. The molecular weight excluding hydrogens is 380 g/mol. The van der Waals surface area contributed by atoms with Gasteiger partial charge in [0.15, 0.2) is 0 Å². The van der Waals surface area contributed by atoms with Crippen LogP contribution in [0.1, 0.15) is 41.1 Å². The number of carbonyl (C=O) groups excluding carboxylic acids is 1. The Morgan fingerprint density at radius 2 is 2.14 bits per heavy atom. The number of hydrogen-bond donors (Lipinski definition) is 1. The zero-order valence-corrected chi connectivity index (χ0v) is 16.2. The van der Waals surface area contributed by atoms with Crippen molar-refractivity contribution < 1.29 is 14.2 Å². The molecule has 0 fully saturated rings. The van der Waals surface area contributed by atoms with Gasteiger partial charge in [0.05, 0.1) is 9.80 Å². The number of amides is 1. The van der Waals surface area contributed by atoms with Gasteiger partial charge in [-0.05, 0) is 43.3 Å². The van der Waals surface area contributed by atoms with Crippen molar-refractivity contribution in [3.63, 3.8) is 0 Å². The number of hydrogen-bond acceptors (Lipinski definition) is 7. The van der Waals surface area contributed by atoms with Crippen LogP contribution in [0.3, 0.4) is 0 Å². The maximum absolute atomic E-state index is 12.1. The SMILES string of the molecule is Cc1cc(C(=O)NCCCCCc2nc(-c3cccs3)no2)ccc1[N+](=O)[O-]. The Morgan fingerprint density at radius 1 is 1.29 bits per heavy atom. The molecule has 28 heavy (non-hydrogen) atoms. The largest absolute Gasteiger partial charge is 0.352 e. The molecule has 2 aromatic heterocycles. The van der Waals surface area contributed by atoms with E-state index in [1.54, 1.807) is 18.3 Å². The molecule has 1 N–H and O–H groups in total. The minimum absolute atomic E-state index is 0.0137.